The molecule has 1 atom stereocenters. The Hall–Kier alpha value is -1.24. The highest BCUT2D eigenvalue weighted by Gasteiger charge is 2.14. The third-order valence-corrected chi connectivity index (χ3v) is 1.91. The van der Waals surface area contributed by atoms with Crippen LogP contribution in [-0.4, -0.2) is 18.6 Å². The number of unbranched alkanes of at least 4 members (excludes halogenated alkanes) is 1. The molecule has 0 aromatic carbocycles. The summed E-state index contributed by atoms with van der Waals surface area (Å²) in [4.78, 5) is 11.2. The largest absolute Gasteiger partial charge is 0.338 e. The van der Waals surface area contributed by atoms with Gasteiger partial charge in [-0.25, -0.2) is 4.79 Å². The third kappa shape index (κ3) is 5.41. The lowest BCUT2D eigenvalue weighted by Crippen LogP contribution is -2.44. The number of hydrogen-bond donors (Lipinski definition) is 2. The second kappa shape index (κ2) is 7.19. The zero-order valence-corrected chi connectivity index (χ0v) is 9.13. The second-order valence-electron chi connectivity index (χ2n) is 3.60. The molecule has 1 unspecified atom stereocenters. The molecule has 0 spiro atoms. The summed E-state index contributed by atoms with van der Waals surface area (Å²) >= 11 is 0. The molecular weight excluding hydrogens is 178 g/mol. The number of carbonyl (C=O) groups excluding carboxylic acids is 1. The molecule has 0 saturated heterocycles. The highest BCUT2D eigenvalue weighted by Crippen LogP contribution is 1.99. The third-order valence-electron chi connectivity index (χ3n) is 1.91. The highest BCUT2D eigenvalue weighted by molar-refractivity contribution is 5.74. The number of rotatable bonds is 5. The number of hydrogen-bond acceptors (Lipinski definition) is 2. The average molecular weight is 197 g/mol. The molecule has 0 fully saturated rings. The Morgan fingerprint density at radius 1 is 1.50 bits per heavy atom. The van der Waals surface area contributed by atoms with Crippen LogP contribution in [0.3, 0.4) is 0 Å². The van der Waals surface area contributed by atoms with Crippen LogP contribution in [0.2, 0.25) is 0 Å². The molecule has 0 aliphatic carbocycles. The molecule has 0 heterocycles. The minimum atomic E-state index is -0.406. The Labute approximate surface area is 85.7 Å². The smallest absolute Gasteiger partial charge is 0.315 e. The van der Waals surface area contributed by atoms with Gasteiger partial charge < -0.3 is 10.6 Å². The Bertz CT molecular complexity index is 208. The number of urea groups is 1. The van der Waals surface area contributed by atoms with Crippen LogP contribution < -0.4 is 10.6 Å². The molecule has 0 aliphatic heterocycles. The molecule has 0 bridgehead atoms. The summed E-state index contributed by atoms with van der Waals surface area (Å²) in [6, 6.07) is 1.39. The lowest BCUT2D eigenvalue weighted by Gasteiger charge is -2.15. The van der Waals surface area contributed by atoms with E-state index in [9.17, 15) is 4.79 Å². The fraction of sp³-hybridized carbons (Fsp3) is 0.800. The first-order valence-corrected chi connectivity index (χ1v) is 5.05. The molecule has 80 valence electrons. The molecule has 4 heteroatoms. The molecule has 0 aromatic rings. The zero-order valence-electron chi connectivity index (χ0n) is 9.13. The van der Waals surface area contributed by atoms with Gasteiger partial charge in [0.1, 0.15) is 6.04 Å². The van der Waals surface area contributed by atoms with Crippen LogP contribution in [0.4, 0.5) is 4.79 Å². The molecule has 0 aliphatic rings. The quantitative estimate of drug-likeness (QED) is 0.658. The van der Waals surface area contributed by atoms with Gasteiger partial charge in [0.05, 0.1) is 6.07 Å². The predicted octanol–water partition coefficient (Wildman–Crippen LogP) is 1.63. The van der Waals surface area contributed by atoms with Gasteiger partial charge in [0, 0.05) is 6.54 Å². The van der Waals surface area contributed by atoms with Gasteiger partial charge in [-0.15, -0.1) is 0 Å². The lowest BCUT2D eigenvalue weighted by atomic mass is 10.1. The van der Waals surface area contributed by atoms with Crippen molar-refractivity contribution in [3.63, 3.8) is 0 Å². The van der Waals surface area contributed by atoms with E-state index >= 15 is 0 Å². The van der Waals surface area contributed by atoms with Crippen molar-refractivity contribution in [2.24, 2.45) is 5.92 Å². The molecule has 14 heavy (non-hydrogen) atoms. The molecule has 0 aromatic heterocycles. The maximum Gasteiger partial charge on any atom is 0.315 e. The Kier molecular flexibility index (Phi) is 6.55. The maximum atomic E-state index is 11.2. The van der Waals surface area contributed by atoms with Gasteiger partial charge in [0.2, 0.25) is 0 Å². The number of carbonyl (C=O) groups is 1. The summed E-state index contributed by atoms with van der Waals surface area (Å²) in [6.45, 7) is 6.53. The summed E-state index contributed by atoms with van der Waals surface area (Å²) < 4.78 is 0. The lowest BCUT2D eigenvalue weighted by molar-refractivity contribution is 0.236. The van der Waals surface area contributed by atoms with Crippen LogP contribution in [0, 0.1) is 17.2 Å². The van der Waals surface area contributed by atoms with E-state index in [1.54, 1.807) is 0 Å². The van der Waals surface area contributed by atoms with Gasteiger partial charge in [-0.05, 0) is 12.3 Å². The molecule has 2 amide bonds. The SMILES string of the molecule is CCCCNC(=O)NC(C#N)C(C)C. The van der Waals surface area contributed by atoms with E-state index in [-0.39, 0.29) is 11.9 Å². The molecule has 0 saturated carbocycles. The van der Waals surface area contributed by atoms with E-state index in [4.69, 9.17) is 5.26 Å². The van der Waals surface area contributed by atoms with Gasteiger partial charge in [-0.1, -0.05) is 27.2 Å². The van der Waals surface area contributed by atoms with Crippen LogP contribution >= 0.6 is 0 Å². The fourth-order valence-corrected chi connectivity index (χ4v) is 0.919. The van der Waals surface area contributed by atoms with Crippen molar-refractivity contribution < 1.29 is 4.79 Å². The van der Waals surface area contributed by atoms with Crippen LogP contribution in [0.1, 0.15) is 33.6 Å². The average Bonchev–Trinajstić information content (AvgIpc) is 2.14. The second-order valence-corrected chi connectivity index (χ2v) is 3.60. The molecule has 0 radical (unpaired) electrons. The highest BCUT2D eigenvalue weighted by atomic mass is 16.2. The first-order valence-electron chi connectivity index (χ1n) is 5.05. The van der Waals surface area contributed by atoms with Crippen LogP contribution in [0.5, 0.6) is 0 Å². The van der Waals surface area contributed by atoms with Crippen LogP contribution in [0.15, 0.2) is 0 Å². The van der Waals surface area contributed by atoms with Crippen molar-refractivity contribution in [2.75, 3.05) is 6.54 Å². The maximum absolute atomic E-state index is 11.2. The first kappa shape index (κ1) is 12.8. The summed E-state index contributed by atoms with van der Waals surface area (Å²) in [5.74, 6) is 0.136. The normalized spacial score (nSPS) is 11.9. The summed E-state index contributed by atoms with van der Waals surface area (Å²) in [5.41, 5.74) is 0. The van der Waals surface area contributed by atoms with Gasteiger partial charge >= 0.3 is 6.03 Å². The van der Waals surface area contributed by atoms with Gasteiger partial charge in [0.15, 0.2) is 0 Å². The zero-order chi connectivity index (χ0) is 11.0. The molecule has 2 N–H and O–H groups in total. The van der Waals surface area contributed by atoms with E-state index in [0.29, 0.717) is 6.54 Å². The molecular formula is C10H19N3O. The van der Waals surface area contributed by atoms with Crippen molar-refractivity contribution in [1.82, 2.24) is 10.6 Å². The van der Waals surface area contributed by atoms with Gasteiger partial charge in [0.25, 0.3) is 0 Å². The van der Waals surface area contributed by atoms with Crippen molar-refractivity contribution in [3.05, 3.63) is 0 Å². The Balaban J connectivity index is 3.75. The standard InChI is InChI=1S/C10H19N3O/c1-4-5-6-12-10(14)13-9(7-11)8(2)3/h8-9H,4-6H2,1-3H3,(H2,12,13,14). The topological polar surface area (TPSA) is 64.9 Å². The number of nitriles is 1. The van der Waals surface area contributed by atoms with E-state index in [2.05, 4.69) is 23.6 Å². The van der Waals surface area contributed by atoms with Gasteiger partial charge in [-0.3, -0.25) is 0 Å². The minimum Gasteiger partial charge on any atom is -0.338 e. The fourth-order valence-electron chi connectivity index (χ4n) is 0.919. The summed E-state index contributed by atoms with van der Waals surface area (Å²) in [7, 11) is 0. The minimum absolute atomic E-state index is 0.136. The number of amides is 2. The van der Waals surface area contributed by atoms with Crippen LogP contribution in [0.25, 0.3) is 0 Å². The van der Waals surface area contributed by atoms with E-state index in [0.717, 1.165) is 12.8 Å². The van der Waals surface area contributed by atoms with Gasteiger partial charge in [-0.2, -0.15) is 5.26 Å². The first-order chi connectivity index (χ1) is 6.61. The van der Waals surface area contributed by atoms with Crippen molar-refractivity contribution >= 4 is 6.03 Å². The van der Waals surface area contributed by atoms with Crippen LogP contribution in [-0.2, 0) is 0 Å². The van der Waals surface area contributed by atoms with Crippen molar-refractivity contribution in [3.8, 4) is 6.07 Å². The van der Waals surface area contributed by atoms with Crippen molar-refractivity contribution in [2.45, 2.75) is 39.7 Å². The predicted molar refractivity (Wildman–Crippen MR) is 55.7 cm³/mol. The van der Waals surface area contributed by atoms with E-state index in [1.807, 2.05) is 13.8 Å². The summed E-state index contributed by atoms with van der Waals surface area (Å²) in [6.07, 6.45) is 2.01. The van der Waals surface area contributed by atoms with E-state index < -0.39 is 6.04 Å². The molecule has 0 rings (SSSR count). The van der Waals surface area contributed by atoms with Crippen molar-refractivity contribution in [1.29, 1.82) is 5.26 Å². The number of nitrogens with one attached hydrogen (secondary N) is 2. The Morgan fingerprint density at radius 2 is 2.14 bits per heavy atom. The summed E-state index contributed by atoms with van der Waals surface area (Å²) in [5, 5.41) is 14.0. The Morgan fingerprint density at radius 3 is 2.57 bits per heavy atom. The molecule has 4 nitrogen and oxygen atoms in total. The number of nitrogens with zero attached hydrogens (tertiary/aromatic N) is 1. The monoisotopic (exact) mass is 197 g/mol. The van der Waals surface area contributed by atoms with E-state index in [1.165, 1.54) is 0 Å².